The van der Waals surface area contributed by atoms with Gasteiger partial charge in [0.15, 0.2) is 12.2 Å². The molecule has 0 fully saturated rings. The largest absolute Gasteiger partial charge is 0.472 e. The maximum atomic E-state index is 13.0. The molecule has 0 aromatic rings. The summed E-state index contributed by atoms with van der Waals surface area (Å²) < 4.78 is 68.2. The quantitative estimate of drug-likeness (QED) is 0.0222. The van der Waals surface area contributed by atoms with Crippen LogP contribution in [0, 0.1) is 11.8 Å². The molecule has 17 nitrogen and oxygen atoms in total. The van der Waals surface area contributed by atoms with Crippen molar-refractivity contribution >= 4 is 39.5 Å². The Morgan fingerprint density at radius 3 is 0.816 bits per heavy atom. The Hall–Kier alpha value is -1.94. The maximum absolute atomic E-state index is 13.0. The summed E-state index contributed by atoms with van der Waals surface area (Å²) in [5.41, 5.74) is 0. The lowest BCUT2D eigenvalue weighted by molar-refractivity contribution is -0.161. The number of phosphoric acid groups is 2. The van der Waals surface area contributed by atoms with Crippen molar-refractivity contribution in [3.8, 4) is 0 Å². The van der Waals surface area contributed by atoms with E-state index in [9.17, 15) is 43.2 Å². The molecule has 0 heterocycles. The number of carbonyl (C=O) groups excluding carboxylic acids is 4. The van der Waals surface area contributed by atoms with Crippen molar-refractivity contribution < 1.29 is 80.2 Å². The number of ether oxygens (including phenoxy) is 4. The van der Waals surface area contributed by atoms with Gasteiger partial charge in [0.25, 0.3) is 0 Å². The number of hydrogen-bond donors (Lipinski definition) is 3. The Balaban J connectivity index is 5.24. The van der Waals surface area contributed by atoms with E-state index in [0.717, 1.165) is 102 Å². The van der Waals surface area contributed by atoms with Crippen molar-refractivity contribution in [2.75, 3.05) is 39.6 Å². The van der Waals surface area contributed by atoms with Gasteiger partial charge in [0, 0.05) is 25.7 Å². The molecule has 0 aliphatic heterocycles. The Morgan fingerprint density at radius 1 is 0.322 bits per heavy atom. The third kappa shape index (κ3) is 60.1. The predicted molar refractivity (Wildman–Crippen MR) is 349 cm³/mol. The summed E-state index contributed by atoms with van der Waals surface area (Å²) in [4.78, 5) is 72.4. The van der Waals surface area contributed by atoms with Crippen LogP contribution in [0.2, 0.25) is 0 Å². The summed E-state index contributed by atoms with van der Waals surface area (Å²) in [7, 11) is -9.89. The zero-order chi connectivity index (χ0) is 64.3. The Labute approximate surface area is 530 Å². The molecule has 3 N–H and O–H groups in total. The number of unbranched alkanes of at least 4 members (excludes halogenated alkanes) is 35. The first-order chi connectivity index (χ1) is 41.9. The van der Waals surface area contributed by atoms with Crippen LogP contribution in [0.4, 0.5) is 0 Å². The SMILES string of the molecule is CCCCCCCCCCCCC(=O)O[C@H](COC(=O)CCCCCCCCCCC)COP(=O)(O)OC[C@H](O)COP(=O)(O)OC[C@@H](COC(=O)CCCCCCCCCCCCC(C)CC)OC(=O)CCCCCCCCCCCCC(C)CC. The molecule has 0 spiro atoms. The highest BCUT2D eigenvalue weighted by Gasteiger charge is 2.30. The van der Waals surface area contributed by atoms with E-state index in [1.54, 1.807) is 0 Å². The zero-order valence-electron chi connectivity index (χ0n) is 56.3. The van der Waals surface area contributed by atoms with Gasteiger partial charge in [-0.3, -0.25) is 37.3 Å². The van der Waals surface area contributed by atoms with Crippen molar-refractivity contribution in [1.29, 1.82) is 0 Å². The van der Waals surface area contributed by atoms with Crippen molar-refractivity contribution in [1.82, 2.24) is 0 Å². The van der Waals surface area contributed by atoms with Crippen LogP contribution in [0.1, 0.15) is 343 Å². The summed E-state index contributed by atoms with van der Waals surface area (Å²) in [5, 5.41) is 10.6. The number of rotatable bonds is 67. The molecule has 0 aromatic carbocycles. The first-order valence-electron chi connectivity index (χ1n) is 35.6. The fourth-order valence-corrected chi connectivity index (χ4v) is 11.8. The van der Waals surface area contributed by atoms with Crippen LogP contribution in [0.15, 0.2) is 0 Å². The lowest BCUT2D eigenvalue weighted by Crippen LogP contribution is -2.30. The second-order valence-electron chi connectivity index (χ2n) is 25.0. The molecule has 7 atom stereocenters. The fourth-order valence-electron chi connectivity index (χ4n) is 10.2. The highest BCUT2D eigenvalue weighted by atomic mass is 31.2. The number of esters is 4. The minimum Gasteiger partial charge on any atom is -0.462 e. The number of phosphoric ester groups is 2. The summed E-state index contributed by atoms with van der Waals surface area (Å²) in [6, 6.07) is 0. The van der Waals surface area contributed by atoms with Crippen molar-refractivity contribution in [3.63, 3.8) is 0 Å². The highest BCUT2D eigenvalue weighted by Crippen LogP contribution is 2.45. The smallest absolute Gasteiger partial charge is 0.462 e. The molecule has 516 valence electrons. The lowest BCUT2D eigenvalue weighted by atomic mass is 9.99. The molecule has 0 bridgehead atoms. The van der Waals surface area contributed by atoms with Crippen molar-refractivity contribution in [2.45, 2.75) is 362 Å². The molecule has 0 aliphatic rings. The van der Waals surface area contributed by atoms with E-state index in [4.69, 9.17) is 37.0 Å². The Morgan fingerprint density at radius 2 is 0.552 bits per heavy atom. The number of hydrogen-bond acceptors (Lipinski definition) is 15. The van der Waals surface area contributed by atoms with Crippen LogP contribution in [0.25, 0.3) is 0 Å². The summed E-state index contributed by atoms with van der Waals surface area (Å²) in [6.45, 7) is 9.56. The van der Waals surface area contributed by atoms with Gasteiger partial charge in [-0.1, -0.05) is 292 Å². The van der Waals surface area contributed by atoms with Crippen LogP contribution in [-0.4, -0.2) is 96.7 Å². The maximum Gasteiger partial charge on any atom is 0.472 e. The molecule has 0 saturated heterocycles. The lowest BCUT2D eigenvalue weighted by Gasteiger charge is -2.21. The van der Waals surface area contributed by atoms with E-state index < -0.39 is 97.5 Å². The Kier molecular flexibility index (Phi) is 59.0. The van der Waals surface area contributed by atoms with Gasteiger partial charge in [0.05, 0.1) is 26.4 Å². The average Bonchev–Trinajstić information content (AvgIpc) is 3.71. The predicted octanol–water partition coefficient (Wildman–Crippen LogP) is 19.2. The van der Waals surface area contributed by atoms with Crippen LogP contribution in [0.3, 0.4) is 0 Å². The first kappa shape index (κ1) is 85.1. The molecule has 0 aliphatic carbocycles. The molecule has 0 saturated carbocycles. The van der Waals surface area contributed by atoms with Crippen LogP contribution in [-0.2, 0) is 65.4 Å². The van der Waals surface area contributed by atoms with Gasteiger partial charge in [-0.05, 0) is 37.5 Å². The third-order valence-corrected chi connectivity index (χ3v) is 18.3. The Bertz CT molecular complexity index is 1700. The van der Waals surface area contributed by atoms with Gasteiger partial charge in [-0.25, -0.2) is 9.13 Å². The topological polar surface area (TPSA) is 237 Å². The highest BCUT2D eigenvalue weighted by molar-refractivity contribution is 7.47. The average molecular weight is 1280 g/mol. The van der Waals surface area contributed by atoms with Crippen molar-refractivity contribution in [2.24, 2.45) is 11.8 Å². The second-order valence-corrected chi connectivity index (χ2v) is 28.0. The second kappa shape index (κ2) is 60.3. The van der Waals surface area contributed by atoms with Crippen LogP contribution < -0.4 is 0 Å². The van der Waals surface area contributed by atoms with Gasteiger partial charge < -0.3 is 33.8 Å². The van der Waals surface area contributed by atoms with E-state index in [-0.39, 0.29) is 25.7 Å². The van der Waals surface area contributed by atoms with Gasteiger partial charge in [-0.2, -0.15) is 0 Å². The minimum atomic E-state index is -4.95. The zero-order valence-corrected chi connectivity index (χ0v) is 58.1. The third-order valence-electron chi connectivity index (χ3n) is 16.4. The number of aliphatic hydroxyl groups excluding tert-OH is 1. The first-order valence-corrected chi connectivity index (χ1v) is 38.6. The van der Waals surface area contributed by atoms with E-state index >= 15 is 0 Å². The molecular weight excluding hydrogens is 1150 g/mol. The van der Waals surface area contributed by atoms with E-state index in [1.807, 2.05) is 0 Å². The van der Waals surface area contributed by atoms with Crippen LogP contribution in [0.5, 0.6) is 0 Å². The normalized spacial score (nSPS) is 14.8. The summed E-state index contributed by atoms with van der Waals surface area (Å²) in [6.07, 6.45) is 44.2. The van der Waals surface area contributed by atoms with Gasteiger partial charge in [-0.15, -0.1) is 0 Å². The van der Waals surface area contributed by atoms with Crippen LogP contribution >= 0.6 is 15.6 Å². The molecule has 4 unspecified atom stereocenters. The number of aliphatic hydroxyl groups is 1. The minimum absolute atomic E-state index is 0.106. The van der Waals surface area contributed by atoms with E-state index in [0.29, 0.717) is 25.7 Å². The molecule has 0 aromatic heterocycles. The van der Waals surface area contributed by atoms with Crippen molar-refractivity contribution in [3.05, 3.63) is 0 Å². The monoisotopic (exact) mass is 1280 g/mol. The van der Waals surface area contributed by atoms with Gasteiger partial charge in [0.1, 0.15) is 19.3 Å². The number of carbonyl (C=O) groups is 4. The summed E-state index contributed by atoms with van der Waals surface area (Å²) in [5.74, 6) is -0.515. The molecule has 0 rings (SSSR count). The summed E-state index contributed by atoms with van der Waals surface area (Å²) >= 11 is 0. The molecule has 0 radical (unpaired) electrons. The molecule has 0 amide bonds. The van der Waals surface area contributed by atoms with E-state index in [1.165, 1.54) is 161 Å². The van der Waals surface area contributed by atoms with Gasteiger partial charge in [0.2, 0.25) is 0 Å². The van der Waals surface area contributed by atoms with Gasteiger partial charge >= 0.3 is 39.5 Å². The molecule has 87 heavy (non-hydrogen) atoms. The van der Waals surface area contributed by atoms with E-state index in [2.05, 4.69) is 41.5 Å². The fraction of sp³-hybridized carbons (Fsp3) is 0.941. The molecular formula is C68H132O17P2. The standard InChI is InChI=1S/C68H132O17P2/c1-7-11-13-15-17-19-27-34-40-46-52-67(72)84-63(56-78-65(70)50-44-38-32-24-18-16-14-12-8-2)58-82-86(74,75)80-54-62(69)55-81-87(76,77)83-59-64(85-68(73)53-47-41-35-29-23-21-26-31-37-43-49-61(6)10-4)57-79-66(71)51-45-39-33-28-22-20-25-30-36-42-48-60(5)9-3/h60-64,69H,7-59H2,1-6H3,(H,74,75)(H,76,77)/t60?,61?,62-,63+,64+/m0/s1. The molecule has 19 heteroatoms.